The van der Waals surface area contributed by atoms with Crippen molar-refractivity contribution in [1.29, 1.82) is 0 Å². The first-order chi connectivity index (χ1) is 16.9. The number of carbonyl (C=O) groups is 1. The minimum Gasteiger partial charge on any atom is -0.495 e. The van der Waals surface area contributed by atoms with Crippen LogP contribution >= 0.6 is 11.6 Å². The lowest BCUT2D eigenvalue weighted by molar-refractivity contribution is -0.119. The maximum Gasteiger partial charge on any atom is 0.251 e. The van der Waals surface area contributed by atoms with E-state index in [4.69, 9.17) is 16.3 Å². The number of pyridine rings is 1. The molecule has 0 saturated heterocycles. The van der Waals surface area contributed by atoms with E-state index in [1.807, 2.05) is 31.4 Å². The quantitative estimate of drug-likeness (QED) is 0.345. The van der Waals surface area contributed by atoms with Crippen molar-refractivity contribution in [3.63, 3.8) is 0 Å². The number of hydrogen-bond acceptors (Lipinski definition) is 7. The summed E-state index contributed by atoms with van der Waals surface area (Å²) in [6, 6.07) is 12.3. The van der Waals surface area contributed by atoms with Crippen LogP contribution in [0.1, 0.15) is 5.56 Å². The lowest BCUT2D eigenvalue weighted by atomic mass is 10.0. The van der Waals surface area contributed by atoms with Gasteiger partial charge in [0.25, 0.3) is 5.56 Å². The van der Waals surface area contributed by atoms with Crippen LogP contribution in [0.3, 0.4) is 0 Å². The van der Waals surface area contributed by atoms with Crippen LogP contribution in [-0.2, 0) is 24.8 Å². The molecule has 0 atom stereocenters. The summed E-state index contributed by atoms with van der Waals surface area (Å²) < 4.78 is 10.1. The zero-order valence-corrected chi connectivity index (χ0v) is 19.7. The van der Waals surface area contributed by atoms with Crippen LogP contribution in [-0.4, -0.2) is 47.4 Å². The van der Waals surface area contributed by atoms with Gasteiger partial charge in [0.05, 0.1) is 31.1 Å². The molecule has 0 aliphatic carbocycles. The Morgan fingerprint density at radius 3 is 2.71 bits per heavy atom. The molecule has 3 aromatic heterocycles. The Labute approximate surface area is 204 Å². The normalized spacial score (nSPS) is 11.2. The molecule has 176 valence electrons. The first-order valence-electron chi connectivity index (χ1n) is 10.7. The Kier molecular flexibility index (Phi) is 5.87. The van der Waals surface area contributed by atoms with Crippen LogP contribution in [0.2, 0.25) is 5.02 Å². The van der Waals surface area contributed by atoms with Crippen molar-refractivity contribution in [3.8, 4) is 22.6 Å². The zero-order valence-electron chi connectivity index (χ0n) is 18.9. The summed E-state index contributed by atoms with van der Waals surface area (Å²) in [6.07, 6.45) is 5.07. The topological polar surface area (TPSA) is 110 Å². The predicted molar refractivity (Wildman–Crippen MR) is 130 cm³/mol. The molecule has 0 spiro atoms. The zero-order chi connectivity index (χ0) is 24.5. The van der Waals surface area contributed by atoms with Crippen LogP contribution in [0.15, 0.2) is 66.0 Å². The second kappa shape index (κ2) is 9.15. The van der Waals surface area contributed by atoms with Gasteiger partial charge in [0.1, 0.15) is 12.1 Å². The van der Waals surface area contributed by atoms with E-state index >= 15 is 0 Å². The highest BCUT2D eigenvalue weighted by atomic mass is 35.5. The van der Waals surface area contributed by atoms with Crippen molar-refractivity contribution < 1.29 is 9.53 Å². The third-order valence-corrected chi connectivity index (χ3v) is 5.82. The highest BCUT2D eigenvalue weighted by Gasteiger charge is 2.17. The van der Waals surface area contributed by atoms with Gasteiger partial charge < -0.3 is 9.30 Å². The number of aromatic nitrogens is 7. The monoisotopic (exact) mass is 489 g/mol. The maximum absolute atomic E-state index is 13.0. The number of ether oxygens (including phenoxy) is 1. The van der Waals surface area contributed by atoms with Crippen molar-refractivity contribution in [3.05, 3.63) is 82.1 Å². The Bertz CT molecular complexity index is 1610. The largest absolute Gasteiger partial charge is 0.495 e. The molecule has 0 aliphatic rings. The fourth-order valence-corrected chi connectivity index (χ4v) is 4.20. The molecule has 0 bridgehead atoms. The molecule has 0 fully saturated rings. The number of rotatable bonds is 7. The smallest absolute Gasteiger partial charge is 0.251 e. The predicted octanol–water partition coefficient (Wildman–Crippen LogP) is 2.85. The molecule has 0 aliphatic heterocycles. The average Bonchev–Trinajstić information content (AvgIpc) is 3.49. The molecule has 35 heavy (non-hydrogen) atoms. The molecular formula is C24H20ClN7O3. The molecule has 0 radical (unpaired) electrons. The van der Waals surface area contributed by atoms with E-state index in [0.29, 0.717) is 27.6 Å². The number of tetrazole rings is 1. The molecule has 0 saturated carbocycles. The van der Waals surface area contributed by atoms with Gasteiger partial charge in [-0.05, 0) is 46.3 Å². The van der Waals surface area contributed by atoms with Gasteiger partial charge in [0, 0.05) is 47.3 Å². The van der Waals surface area contributed by atoms with E-state index in [0.717, 1.165) is 16.5 Å². The van der Waals surface area contributed by atoms with E-state index in [1.165, 1.54) is 34.9 Å². The molecule has 0 unspecified atom stereocenters. The molecule has 3 heterocycles. The van der Waals surface area contributed by atoms with Gasteiger partial charge in [-0.15, -0.1) is 5.10 Å². The molecular weight excluding hydrogens is 470 g/mol. The van der Waals surface area contributed by atoms with Crippen LogP contribution in [0.5, 0.6) is 5.75 Å². The number of halogens is 1. The molecule has 5 rings (SSSR count). The second-order valence-electron chi connectivity index (χ2n) is 8.05. The SMILES string of the molecule is COc1cn(CC(=O)Cc2ccc3nn(C)cc3c2)c(=O)cc1-c1cc(Cl)ccc1-n1cnnn1. The highest BCUT2D eigenvalue weighted by Crippen LogP contribution is 2.34. The van der Waals surface area contributed by atoms with Gasteiger partial charge in [-0.25, -0.2) is 0 Å². The number of Topliss-reactive ketones (excluding diaryl/α,β-unsaturated/α-hetero) is 1. The third-order valence-electron chi connectivity index (χ3n) is 5.59. The highest BCUT2D eigenvalue weighted by molar-refractivity contribution is 6.31. The van der Waals surface area contributed by atoms with Gasteiger partial charge in [0.2, 0.25) is 0 Å². The van der Waals surface area contributed by atoms with Gasteiger partial charge >= 0.3 is 0 Å². The van der Waals surface area contributed by atoms with Crippen molar-refractivity contribution in [2.24, 2.45) is 7.05 Å². The van der Waals surface area contributed by atoms with Crippen molar-refractivity contribution in [2.45, 2.75) is 13.0 Å². The first kappa shape index (κ1) is 22.5. The molecule has 0 N–H and O–H groups in total. The summed E-state index contributed by atoms with van der Waals surface area (Å²) in [5, 5.41) is 17.1. The van der Waals surface area contributed by atoms with Gasteiger partial charge in [-0.2, -0.15) is 9.78 Å². The number of nitrogens with zero attached hydrogens (tertiary/aromatic N) is 7. The summed E-state index contributed by atoms with van der Waals surface area (Å²) >= 11 is 6.24. The summed E-state index contributed by atoms with van der Waals surface area (Å²) in [5.41, 5.74) is 3.12. The standard InChI is InChI=1S/C24H20ClN7O3/c1-30-11-16-7-15(3-5-21(16)27-30)8-18(33)12-31-13-23(35-2)20(10-24(31)34)19-9-17(25)4-6-22(19)32-14-26-28-29-32/h3-7,9-11,13-14H,8,12H2,1-2H3. The maximum atomic E-state index is 13.0. The Hall–Kier alpha value is -4.31. The molecule has 10 nitrogen and oxygen atoms in total. The molecule has 11 heteroatoms. The third kappa shape index (κ3) is 4.56. The number of methoxy groups -OCH3 is 1. The Morgan fingerprint density at radius 1 is 1.09 bits per heavy atom. The molecule has 5 aromatic rings. The van der Waals surface area contributed by atoms with Crippen molar-refractivity contribution in [2.75, 3.05) is 7.11 Å². The van der Waals surface area contributed by atoms with Crippen LogP contribution < -0.4 is 10.3 Å². The number of aryl methyl sites for hydroxylation is 1. The lowest BCUT2D eigenvalue weighted by Gasteiger charge is -2.15. The average molecular weight is 490 g/mol. The molecule has 2 aromatic carbocycles. The number of carbonyl (C=O) groups excluding carboxylic acids is 1. The summed E-state index contributed by atoms with van der Waals surface area (Å²) in [5.74, 6) is 0.299. The first-order valence-corrected chi connectivity index (χ1v) is 11.0. The Morgan fingerprint density at radius 2 is 1.94 bits per heavy atom. The van der Waals surface area contributed by atoms with Gasteiger partial charge in [-0.1, -0.05) is 17.7 Å². The van der Waals surface area contributed by atoms with E-state index in [-0.39, 0.29) is 24.3 Å². The van der Waals surface area contributed by atoms with Crippen molar-refractivity contribution in [1.82, 2.24) is 34.6 Å². The fourth-order valence-electron chi connectivity index (χ4n) is 4.03. The van der Waals surface area contributed by atoms with Crippen LogP contribution in [0.25, 0.3) is 27.7 Å². The van der Waals surface area contributed by atoms with E-state index < -0.39 is 0 Å². The summed E-state index contributed by atoms with van der Waals surface area (Å²) in [7, 11) is 3.35. The van der Waals surface area contributed by atoms with Gasteiger partial charge in [-0.3, -0.25) is 14.3 Å². The molecule has 0 amide bonds. The number of fused-ring (bicyclic) bond motifs is 1. The van der Waals surface area contributed by atoms with Crippen molar-refractivity contribution >= 4 is 28.3 Å². The fraction of sp³-hybridized carbons (Fsp3) is 0.167. The van der Waals surface area contributed by atoms with Gasteiger partial charge in [0.15, 0.2) is 5.78 Å². The second-order valence-corrected chi connectivity index (χ2v) is 8.49. The van der Waals surface area contributed by atoms with E-state index in [9.17, 15) is 9.59 Å². The lowest BCUT2D eigenvalue weighted by Crippen LogP contribution is -2.24. The number of hydrogen-bond donors (Lipinski definition) is 0. The van der Waals surface area contributed by atoms with Crippen LogP contribution in [0.4, 0.5) is 0 Å². The van der Waals surface area contributed by atoms with E-state index in [1.54, 1.807) is 22.9 Å². The number of benzene rings is 2. The number of ketones is 1. The van der Waals surface area contributed by atoms with E-state index in [2.05, 4.69) is 20.6 Å². The Balaban J connectivity index is 1.45. The summed E-state index contributed by atoms with van der Waals surface area (Å²) in [6.45, 7) is -0.0874. The minimum atomic E-state index is -0.348. The minimum absolute atomic E-state index is 0.0874. The van der Waals surface area contributed by atoms with Crippen LogP contribution in [0, 0.1) is 0 Å². The summed E-state index contributed by atoms with van der Waals surface area (Å²) in [4.78, 5) is 25.8.